The van der Waals surface area contributed by atoms with Crippen LogP contribution in [0, 0.1) is 0 Å². The first kappa shape index (κ1) is 16.3. The number of hydrogen-bond donors (Lipinski definition) is 0. The van der Waals surface area contributed by atoms with Crippen molar-refractivity contribution >= 4 is 12.5 Å². The van der Waals surface area contributed by atoms with Crippen LogP contribution in [0.4, 0.5) is 4.79 Å². The van der Waals surface area contributed by atoms with E-state index < -0.39 is 0 Å². The van der Waals surface area contributed by atoms with E-state index in [9.17, 15) is 9.59 Å². The third-order valence-electron chi connectivity index (χ3n) is 3.63. The Bertz CT molecular complexity index is 474. The van der Waals surface area contributed by atoms with Crippen molar-refractivity contribution in [1.82, 2.24) is 9.80 Å². The monoisotopic (exact) mass is 306 g/mol. The first-order valence-electron chi connectivity index (χ1n) is 7.49. The predicted octanol–water partition coefficient (Wildman–Crippen LogP) is 1.50. The molecule has 120 valence electrons. The highest BCUT2D eigenvalue weighted by Gasteiger charge is 2.35. The number of benzene rings is 1. The Hall–Kier alpha value is -2.08. The molecule has 0 atom stereocenters. The van der Waals surface area contributed by atoms with E-state index in [-0.39, 0.29) is 18.7 Å². The van der Waals surface area contributed by atoms with Crippen LogP contribution in [0.15, 0.2) is 30.3 Å². The van der Waals surface area contributed by atoms with E-state index >= 15 is 0 Å². The van der Waals surface area contributed by atoms with Gasteiger partial charge in [0.2, 0.25) is 6.41 Å². The molecule has 1 aromatic carbocycles. The Balaban J connectivity index is 1.68. The summed E-state index contributed by atoms with van der Waals surface area (Å²) in [6, 6.07) is 9.61. The Kier molecular flexibility index (Phi) is 6.21. The number of hydrogen-bond acceptors (Lipinski definition) is 4. The second-order valence-electron chi connectivity index (χ2n) is 5.14. The minimum absolute atomic E-state index is 0.0576. The zero-order chi connectivity index (χ0) is 15.8. The van der Waals surface area contributed by atoms with E-state index in [1.54, 1.807) is 9.80 Å². The molecule has 1 aliphatic heterocycles. The molecule has 1 aromatic rings. The number of ether oxygens (including phenoxy) is 2. The number of nitrogens with zero attached hydrogens (tertiary/aromatic N) is 2. The lowest BCUT2D eigenvalue weighted by molar-refractivity contribution is -0.124. The minimum atomic E-state index is -0.337. The van der Waals surface area contributed by atoms with Crippen LogP contribution in [0.3, 0.4) is 0 Å². The topological polar surface area (TPSA) is 59.1 Å². The summed E-state index contributed by atoms with van der Waals surface area (Å²) in [6.45, 7) is 4.91. The van der Waals surface area contributed by atoms with Crippen molar-refractivity contribution in [2.24, 2.45) is 0 Å². The van der Waals surface area contributed by atoms with Crippen LogP contribution in [0.2, 0.25) is 0 Å². The summed E-state index contributed by atoms with van der Waals surface area (Å²) in [6.07, 6.45) is 0.479. The third kappa shape index (κ3) is 4.46. The van der Waals surface area contributed by atoms with Crippen LogP contribution in [0.1, 0.15) is 12.5 Å². The number of carbonyl (C=O) groups excluding carboxylic acids is 2. The van der Waals surface area contributed by atoms with E-state index in [1.165, 1.54) is 0 Å². The van der Waals surface area contributed by atoms with Crippen LogP contribution in [0.25, 0.3) is 0 Å². The number of likely N-dealkylation sites (tertiary alicyclic amines) is 1. The van der Waals surface area contributed by atoms with Crippen molar-refractivity contribution in [2.75, 3.05) is 32.8 Å². The summed E-state index contributed by atoms with van der Waals surface area (Å²) in [4.78, 5) is 26.2. The fraction of sp³-hybridized carbons (Fsp3) is 0.500. The van der Waals surface area contributed by atoms with E-state index in [0.29, 0.717) is 32.8 Å². The van der Waals surface area contributed by atoms with Gasteiger partial charge in [-0.3, -0.25) is 4.79 Å². The Morgan fingerprint density at radius 3 is 2.73 bits per heavy atom. The van der Waals surface area contributed by atoms with E-state index in [0.717, 1.165) is 12.0 Å². The van der Waals surface area contributed by atoms with E-state index in [2.05, 4.69) is 0 Å². The molecule has 6 nitrogen and oxygen atoms in total. The Morgan fingerprint density at radius 1 is 1.36 bits per heavy atom. The van der Waals surface area contributed by atoms with Gasteiger partial charge >= 0.3 is 6.09 Å². The molecule has 0 aromatic heterocycles. The van der Waals surface area contributed by atoms with Crippen LogP contribution >= 0.6 is 0 Å². The van der Waals surface area contributed by atoms with Crippen LogP contribution in [0.5, 0.6) is 0 Å². The first-order valence-corrected chi connectivity index (χ1v) is 7.49. The summed E-state index contributed by atoms with van der Waals surface area (Å²) < 4.78 is 10.5. The maximum atomic E-state index is 11.9. The smallest absolute Gasteiger partial charge is 0.410 e. The van der Waals surface area contributed by atoms with Crippen molar-refractivity contribution in [2.45, 2.75) is 19.6 Å². The fourth-order valence-electron chi connectivity index (χ4n) is 2.26. The second-order valence-corrected chi connectivity index (χ2v) is 5.14. The lowest BCUT2D eigenvalue weighted by atomic mass is 10.1. The molecule has 2 amide bonds. The van der Waals surface area contributed by atoms with Gasteiger partial charge < -0.3 is 19.3 Å². The molecule has 1 aliphatic rings. The molecule has 0 N–H and O–H groups in total. The predicted molar refractivity (Wildman–Crippen MR) is 81.3 cm³/mol. The number of carbonyl (C=O) groups is 2. The van der Waals surface area contributed by atoms with Gasteiger partial charge in [-0.15, -0.1) is 0 Å². The molecule has 2 rings (SSSR count). The van der Waals surface area contributed by atoms with Gasteiger partial charge in [0.25, 0.3) is 0 Å². The third-order valence-corrected chi connectivity index (χ3v) is 3.63. The molecule has 1 saturated heterocycles. The summed E-state index contributed by atoms with van der Waals surface area (Å²) in [7, 11) is 0. The molecular weight excluding hydrogens is 284 g/mol. The maximum Gasteiger partial charge on any atom is 0.410 e. The molecule has 22 heavy (non-hydrogen) atoms. The highest BCUT2D eigenvalue weighted by molar-refractivity contribution is 5.69. The van der Waals surface area contributed by atoms with Crippen molar-refractivity contribution in [1.29, 1.82) is 0 Å². The lowest BCUT2D eigenvalue weighted by Crippen LogP contribution is -2.61. The molecule has 0 saturated carbocycles. The molecule has 0 spiro atoms. The second kappa shape index (κ2) is 8.38. The van der Waals surface area contributed by atoms with Crippen molar-refractivity contribution in [3.05, 3.63) is 35.9 Å². The summed E-state index contributed by atoms with van der Waals surface area (Å²) in [5, 5.41) is 0. The molecule has 0 aliphatic carbocycles. The van der Waals surface area contributed by atoms with E-state index in [1.807, 2.05) is 37.3 Å². The summed E-state index contributed by atoms with van der Waals surface area (Å²) in [5.41, 5.74) is 0.958. The van der Waals surface area contributed by atoms with Crippen LogP contribution in [-0.4, -0.2) is 61.2 Å². The quantitative estimate of drug-likeness (QED) is 0.539. The number of amides is 2. The van der Waals surface area contributed by atoms with Crippen LogP contribution in [-0.2, 0) is 20.9 Å². The Morgan fingerprint density at radius 2 is 2.09 bits per heavy atom. The van der Waals surface area contributed by atoms with Crippen molar-refractivity contribution in [3.63, 3.8) is 0 Å². The lowest BCUT2D eigenvalue weighted by Gasteiger charge is -2.43. The average molecular weight is 306 g/mol. The van der Waals surface area contributed by atoms with Gasteiger partial charge in [-0.05, 0) is 12.5 Å². The van der Waals surface area contributed by atoms with Gasteiger partial charge in [0.1, 0.15) is 6.61 Å². The fourth-order valence-corrected chi connectivity index (χ4v) is 2.26. The molecule has 6 heteroatoms. The standard InChI is InChI=1S/C16H22N2O4/c1-2-21-9-8-17(13-19)15-10-18(11-15)16(20)22-12-14-6-4-3-5-7-14/h3-7,13,15H,2,8-12H2,1H3. The van der Waals surface area contributed by atoms with Crippen LogP contribution < -0.4 is 0 Å². The Labute approximate surface area is 130 Å². The highest BCUT2D eigenvalue weighted by Crippen LogP contribution is 2.15. The highest BCUT2D eigenvalue weighted by atomic mass is 16.6. The van der Waals surface area contributed by atoms with Crippen molar-refractivity contribution < 1.29 is 19.1 Å². The van der Waals surface area contributed by atoms with Crippen molar-refractivity contribution in [3.8, 4) is 0 Å². The van der Waals surface area contributed by atoms with E-state index in [4.69, 9.17) is 9.47 Å². The van der Waals surface area contributed by atoms with Gasteiger partial charge in [-0.25, -0.2) is 4.79 Å². The molecule has 1 fully saturated rings. The van der Waals surface area contributed by atoms with Gasteiger partial charge in [0.15, 0.2) is 0 Å². The summed E-state index contributed by atoms with van der Waals surface area (Å²) >= 11 is 0. The molecule has 1 heterocycles. The zero-order valence-electron chi connectivity index (χ0n) is 12.8. The molecule has 0 unspecified atom stereocenters. The average Bonchev–Trinajstić information content (AvgIpc) is 2.51. The molecule has 0 radical (unpaired) electrons. The minimum Gasteiger partial charge on any atom is -0.445 e. The SMILES string of the molecule is CCOCCN(C=O)C1CN(C(=O)OCc2ccccc2)C1. The van der Waals surface area contributed by atoms with Gasteiger partial charge in [-0.2, -0.15) is 0 Å². The maximum absolute atomic E-state index is 11.9. The normalized spacial score (nSPS) is 14.3. The largest absolute Gasteiger partial charge is 0.445 e. The summed E-state index contributed by atoms with van der Waals surface area (Å²) in [5.74, 6) is 0. The first-order chi connectivity index (χ1) is 10.7. The number of rotatable bonds is 8. The van der Waals surface area contributed by atoms with Gasteiger partial charge in [-0.1, -0.05) is 30.3 Å². The molecular formula is C16H22N2O4. The van der Waals surface area contributed by atoms with Gasteiger partial charge in [0.05, 0.1) is 12.6 Å². The van der Waals surface area contributed by atoms with Gasteiger partial charge in [0, 0.05) is 26.2 Å². The molecule has 0 bridgehead atoms. The zero-order valence-corrected chi connectivity index (χ0v) is 12.8.